The summed E-state index contributed by atoms with van der Waals surface area (Å²) in [5.74, 6) is -1.61. The van der Waals surface area contributed by atoms with Crippen molar-refractivity contribution in [2.75, 3.05) is 6.61 Å². The Hall–Kier alpha value is -2.42. The standard InChI is InChI=1S/C18H16O3/c1-2-21-18(20)16-15(12-8-4-3-5-9-12)13-10-6-7-11-14(13)17(16)19/h3-11,15-16H,2H2,1H3/t15-,16-/m1/s1. The number of esters is 1. The van der Waals surface area contributed by atoms with Crippen molar-refractivity contribution in [2.45, 2.75) is 12.8 Å². The summed E-state index contributed by atoms with van der Waals surface area (Å²) in [6.45, 7) is 2.03. The van der Waals surface area contributed by atoms with Gasteiger partial charge in [-0.05, 0) is 18.1 Å². The fraction of sp³-hybridized carbons (Fsp3) is 0.222. The highest BCUT2D eigenvalue weighted by Gasteiger charge is 2.45. The van der Waals surface area contributed by atoms with E-state index in [1.165, 1.54) is 0 Å². The van der Waals surface area contributed by atoms with E-state index in [-0.39, 0.29) is 18.3 Å². The van der Waals surface area contributed by atoms with Gasteiger partial charge in [-0.15, -0.1) is 0 Å². The third-order valence-corrected chi connectivity index (χ3v) is 3.88. The lowest BCUT2D eigenvalue weighted by atomic mass is 9.85. The van der Waals surface area contributed by atoms with E-state index in [0.29, 0.717) is 5.56 Å². The Balaban J connectivity index is 2.12. The predicted molar refractivity (Wildman–Crippen MR) is 79.2 cm³/mol. The maximum Gasteiger partial charge on any atom is 0.317 e. The molecule has 106 valence electrons. The van der Waals surface area contributed by atoms with Gasteiger partial charge in [-0.1, -0.05) is 54.6 Å². The Bertz CT molecular complexity index is 676. The molecule has 2 aromatic carbocycles. The summed E-state index contributed by atoms with van der Waals surface area (Å²) in [4.78, 5) is 24.9. The van der Waals surface area contributed by atoms with Crippen LogP contribution in [0.15, 0.2) is 54.6 Å². The van der Waals surface area contributed by atoms with E-state index in [0.717, 1.165) is 11.1 Å². The molecule has 3 heteroatoms. The van der Waals surface area contributed by atoms with Crippen molar-refractivity contribution in [1.82, 2.24) is 0 Å². The van der Waals surface area contributed by atoms with Crippen LogP contribution < -0.4 is 0 Å². The van der Waals surface area contributed by atoms with E-state index < -0.39 is 11.9 Å². The van der Waals surface area contributed by atoms with Crippen LogP contribution in [0.25, 0.3) is 0 Å². The number of carbonyl (C=O) groups is 2. The van der Waals surface area contributed by atoms with Crippen molar-refractivity contribution < 1.29 is 14.3 Å². The van der Waals surface area contributed by atoms with E-state index in [4.69, 9.17) is 4.74 Å². The van der Waals surface area contributed by atoms with Gasteiger partial charge in [0.1, 0.15) is 5.92 Å². The van der Waals surface area contributed by atoms with Gasteiger partial charge in [-0.2, -0.15) is 0 Å². The average Bonchev–Trinajstić information content (AvgIpc) is 2.82. The molecule has 1 aliphatic carbocycles. The zero-order valence-electron chi connectivity index (χ0n) is 11.8. The first-order chi connectivity index (χ1) is 10.2. The predicted octanol–water partition coefficient (Wildman–Crippen LogP) is 3.19. The molecule has 0 aliphatic heterocycles. The summed E-state index contributed by atoms with van der Waals surface area (Å²) in [6, 6.07) is 17.1. The van der Waals surface area contributed by atoms with Crippen LogP contribution in [0.2, 0.25) is 0 Å². The number of fused-ring (bicyclic) bond motifs is 1. The largest absolute Gasteiger partial charge is 0.465 e. The van der Waals surface area contributed by atoms with E-state index >= 15 is 0 Å². The molecule has 0 unspecified atom stereocenters. The van der Waals surface area contributed by atoms with Crippen LogP contribution in [0.3, 0.4) is 0 Å². The van der Waals surface area contributed by atoms with E-state index in [2.05, 4.69) is 0 Å². The van der Waals surface area contributed by atoms with Crippen molar-refractivity contribution in [3.8, 4) is 0 Å². The molecule has 3 rings (SSSR count). The zero-order valence-corrected chi connectivity index (χ0v) is 11.8. The van der Waals surface area contributed by atoms with Gasteiger partial charge < -0.3 is 4.74 Å². The Morgan fingerprint density at radius 1 is 1.05 bits per heavy atom. The number of carbonyl (C=O) groups excluding carboxylic acids is 2. The second-order valence-electron chi connectivity index (χ2n) is 5.07. The summed E-state index contributed by atoms with van der Waals surface area (Å²) < 4.78 is 5.12. The van der Waals surface area contributed by atoms with E-state index in [9.17, 15) is 9.59 Å². The summed E-state index contributed by atoms with van der Waals surface area (Å²) in [5.41, 5.74) is 2.50. The van der Waals surface area contributed by atoms with Crippen molar-refractivity contribution in [3.05, 3.63) is 71.3 Å². The van der Waals surface area contributed by atoms with Gasteiger partial charge in [-0.3, -0.25) is 9.59 Å². The fourth-order valence-electron chi connectivity index (χ4n) is 3.00. The molecule has 2 atom stereocenters. The summed E-state index contributed by atoms with van der Waals surface area (Å²) in [5, 5.41) is 0. The smallest absolute Gasteiger partial charge is 0.317 e. The second-order valence-corrected chi connectivity index (χ2v) is 5.07. The van der Waals surface area contributed by atoms with Crippen molar-refractivity contribution >= 4 is 11.8 Å². The normalized spacial score (nSPS) is 20.1. The monoisotopic (exact) mass is 280 g/mol. The number of Topliss-reactive ketones (excluding diaryl/α,β-unsaturated/α-hetero) is 1. The first-order valence-corrected chi connectivity index (χ1v) is 7.08. The van der Waals surface area contributed by atoms with Gasteiger partial charge in [-0.25, -0.2) is 0 Å². The SMILES string of the molecule is CCOC(=O)[C@H]1C(=O)c2ccccc2[C@H]1c1ccccc1. The van der Waals surface area contributed by atoms with Crippen LogP contribution in [0, 0.1) is 5.92 Å². The minimum absolute atomic E-state index is 0.141. The molecular formula is C18H16O3. The Labute approximate surface area is 123 Å². The number of ether oxygens (including phenoxy) is 1. The lowest BCUT2D eigenvalue weighted by Gasteiger charge is -2.18. The molecule has 2 aromatic rings. The summed E-state index contributed by atoms with van der Waals surface area (Å²) in [7, 11) is 0. The third-order valence-electron chi connectivity index (χ3n) is 3.88. The Morgan fingerprint density at radius 2 is 1.71 bits per heavy atom. The average molecular weight is 280 g/mol. The first kappa shape index (κ1) is 13.6. The molecule has 0 saturated heterocycles. The van der Waals surface area contributed by atoms with Gasteiger partial charge in [0.2, 0.25) is 0 Å². The first-order valence-electron chi connectivity index (χ1n) is 7.08. The van der Waals surface area contributed by atoms with Crippen molar-refractivity contribution in [1.29, 1.82) is 0 Å². The van der Waals surface area contributed by atoms with Crippen molar-refractivity contribution in [3.63, 3.8) is 0 Å². The van der Waals surface area contributed by atoms with Gasteiger partial charge in [0, 0.05) is 11.5 Å². The molecule has 0 heterocycles. The molecule has 0 bridgehead atoms. The topological polar surface area (TPSA) is 43.4 Å². The lowest BCUT2D eigenvalue weighted by Crippen LogP contribution is -2.26. The van der Waals surface area contributed by atoms with Gasteiger partial charge in [0.05, 0.1) is 6.61 Å². The Kier molecular flexibility index (Phi) is 3.57. The van der Waals surface area contributed by atoms with Gasteiger partial charge in [0.15, 0.2) is 5.78 Å². The van der Waals surface area contributed by atoms with Crippen LogP contribution in [0.1, 0.15) is 34.3 Å². The minimum atomic E-state index is -0.773. The van der Waals surface area contributed by atoms with Crippen LogP contribution in [0.4, 0.5) is 0 Å². The number of benzene rings is 2. The molecule has 0 amide bonds. The lowest BCUT2D eigenvalue weighted by molar-refractivity contribution is -0.146. The highest BCUT2D eigenvalue weighted by molar-refractivity contribution is 6.13. The highest BCUT2D eigenvalue weighted by Crippen LogP contribution is 2.42. The molecule has 0 saturated carbocycles. The van der Waals surface area contributed by atoms with Gasteiger partial charge >= 0.3 is 5.97 Å². The number of rotatable bonds is 3. The van der Waals surface area contributed by atoms with Gasteiger partial charge in [0.25, 0.3) is 0 Å². The number of ketones is 1. The molecule has 21 heavy (non-hydrogen) atoms. The maximum atomic E-state index is 12.6. The van der Waals surface area contributed by atoms with Crippen LogP contribution in [-0.4, -0.2) is 18.4 Å². The third kappa shape index (κ3) is 2.25. The summed E-state index contributed by atoms with van der Waals surface area (Å²) in [6.07, 6.45) is 0. The molecule has 0 N–H and O–H groups in total. The number of hydrogen-bond donors (Lipinski definition) is 0. The van der Waals surface area contributed by atoms with Crippen LogP contribution >= 0.6 is 0 Å². The second kappa shape index (κ2) is 5.52. The molecule has 0 spiro atoms. The minimum Gasteiger partial charge on any atom is -0.465 e. The maximum absolute atomic E-state index is 12.6. The molecular weight excluding hydrogens is 264 g/mol. The molecule has 0 radical (unpaired) electrons. The van der Waals surface area contributed by atoms with Crippen LogP contribution in [-0.2, 0) is 9.53 Å². The van der Waals surface area contributed by atoms with Crippen LogP contribution in [0.5, 0.6) is 0 Å². The Morgan fingerprint density at radius 3 is 2.43 bits per heavy atom. The fourth-order valence-corrected chi connectivity index (χ4v) is 3.00. The zero-order chi connectivity index (χ0) is 14.8. The molecule has 0 aromatic heterocycles. The quantitative estimate of drug-likeness (QED) is 0.640. The van der Waals surface area contributed by atoms with E-state index in [1.54, 1.807) is 13.0 Å². The molecule has 3 nitrogen and oxygen atoms in total. The highest BCUT2D eigenvalue weighted by atomic mass is 16.5. The summed E-state index contributed by atoms with van der Waals surface area (Å²) >= 11 is 0. The molecule has 0 fully saturated rings. The number of hydrogen-bond acceptors (Lipinski definition) is 3. The van der Waals surface area contributed by atoms with E-state index in [1.807, 2.05) is 48.5 Å². The molecule has 1 aliphatic rings. The van der Waals surface area contributed by atoms with Crippen molar-refractivity contribution in [2.24, 2.45) is 5.92 Å².